The third-order valence-corrected chi connectivity index (χ3v) is 3.51. The van der Waals surface area contributed by atoms with Gasteiger partial charge in [0.05, 0.1) is 6.04 Å². The lowest BCUT2D eigenvalue weighted by Crippen LogP contribution is -2.42. The molecule has 0 rings (SSSR count). The first kappa shape index (κ1) is 23.6. The van der Waals surface area contributed by atoms with Crippen LogP contribution in [0.5, 0.6) is 0 Å². The molecule has 4 nitrogen and oxygen atoms in total. The molecule has 0 heterocycles. The average Bonchev–Trinajstić information content (AvgIpc) is 2.57. The number of allylic oxidation sites excluding steroid dienone is 9. The van der Waals surface area contributed by atoms with Crippen LogP contribution in [0.15, 0.2) is 61.3 Å². The van der Waals surface area contributed by atoms with Crippen LogP contribution < -0.4 is 5.32 Å². The van der Waals surface area contributed by atoms with E-state index in [1.807, 2.05) is 13.0 Å². The largest absolute Gasteiger partial charge is 0.460 e. The second kappa shape index (κ2) is 16.1. The Labute approximate surface area is 158 Å². The van der Waals surface area contributed by atoms with Crippen LogP contribution in [0, 0.1) is 0 Å². The zero-order valence-corrected chi connectivity index (χ0v) is 16.3. The topological polar surface area (TPSA) is 55.4 Å². The number of hydrogen-bond donors (Lipinski definition) is 1. The van der Waals surface area contributed by atoms with Crippen LogP contribution in [-0.2, 0) is 14.3 Å². The van der Waals surface area contributed by atoms with Crippen molar-refractivity contribution in [3.63, 3.8) is 0 Å². The van der Waals surface area contributed by atoms with Gasteiger partial charge in [-0.25, -0.2) is 0 Å². The Morgan fingerprint density at radius 1 is 0.962 bits per heavy atom. The van der Waals surface area contributed by atoms with Crippen molar-refractivity contribution in [1.82, 2.24) is 5.32 Å². The summed E-state index contributed by atoms with van der Waals surface area (Å²) in [6, 6.07) is -0.196. The van der Waals surface area contributed by atoms with Crippen molar-refractivity contribution >= 4 is 11.9 Å². The Morgan fingerprint density at radius 3 is 2.00 bits per heavy atom. The van der Waals surface area contributed by atoms with E-state index in [9.17, 15) is 9.59 Å². The number of amides is 1. The molecule has 0 spiro atoms. The Bertz CT molecular complexity index is 530. The van der Waals surface area contributed by atoms with E-state index in [2.05, 4.69) is 54.4 Å². The van der Waals surface area contributed by atoms with Gasteiger partial charge in [-0.15, -0.1) is 0 Å². The minimum Gasteiger partial charge on any atom is -0.460 e. The summed E-state index contributed by atoms with van der Waals surface area (Å²) in [5.74, 6) is -0.451. The number of carbonyl (C=O) groups is 2. The third-order valence-electron chi connectivity index (χ3n) is 3.51. The van der Waals surface area contributed by atoms with Crippen molar-refractivity contribution in [2.24, 2.45) is 0 Å². The summed E-state index contributed by atoms with van der Waals surface area (Å²) in [5, 5.41) is 2.78. The highest BCUT2D eigenvalue weighted by Crippen LogP contribution is 2.09. The molecule has 1 N–H and O–H groups in total. The van der Waals surface area contributed by atoms with Crippen molar-refractivity contribution in [2.45, 2.75) is 65.0 Å². The molecule has 0 aliphatic carbocycles. The van der Waals surface area contributed by atoms with E-state index in [0.29, 0.717) is 6.42 Å². The van der Waals surface area contributed by atoms with Gasteiger partial charge in [-0.05, 0) is 39.0 Å². The van der Waals surface area contributed by atoms with Gasteiger partial charge >= 0.3 is 5.97 Å². The number of nitrogens with one attached hydrogen (secondary N) is 1. The molecule has 0 aromatic carbocycles. The maximum Gasteiger partial charge on any atom is 0.302 e. The second-order valence-electron chi connectivity index (χ2n) is 6.00. The maximum absolute atomic E-state index is 11.2. The Hall–Kier alpha value is -2.36. The second-order valence-corrected chi connectivity index (χ2v) is 6.00. The summed E-state index contributed by atoms with van der Waals surface area (Å²) in [4.78, 5) is 22.4. The fourth-order valence-corrected chi connectivity index (χ4v) is 2.31. The van der Waals surface area contributed by atoms with Crippen LogP contribution in [0.2, 0.25) is 0 Å². The first-order chi connectivity index (χ1) is 12.5. The van der Waals surface area contributed by atoms with Crippen LogP contribution in [0.25, 0.3) is 0 Å². The molecular weight excluding hydrogens is 326 g/mol. The number of esters is 1. The average molecular weight is 360 g/mol. The predicted octanol–water partition coefficient (Wildman–Crippen LogP) is 4.80. The molecule has 0 aromatic heterocycles. The SMILES string of the molecule is C=C/C=C\C/C=C\C/C=C\C/C=C\CC[C@H](OC(C)=O)[C@H](C)NC(C)=O. The summed E-state index contributed by atoms with van der Waals surface area (Å²) < 4.78 is 5.30. The molecular formula is C22H33NO3. The van der Waals surface area contributed by atoms with E-state index in [1.165, 1.54) is 13.8 Å². The quantitative estimate of drug-likeness (QED) is 0.292. The molecule has 144 valence electrons. The molecule has 0 aromatic rings. The van der Waals surface area contributed by atoms with E-state index in [-0.39, 0.29) is 24.0 Å². The normalized spacial score (nSPS) is 14.3. The van der Waals surface area contributed by atoms with Crippen LogP contribution >= 0.6 is 0 Å². The minimum atomic E-state index is -0.327. The Morgan fingerprint density at radius 2 is 1.50 bits per heavy atom. The summed E-state index contributed by atoms with van der Waals surface area (Å²) in [5.41, 5.74) is 0. The molecule has 0 aliphatic rings. The number of hydrogen-bond acceptors (Lipinski definition) is 3. The predicted molar refractivity (Wildman–Crippen MR) is 109 cm³/mol. The summed E-state index contributed by atoms with van der Waals surface area (Å²) in [7, 11) is 0. The molecule has 0 saturated heterocycles. The first-order valence-electron chi connectivity index (χ1n) is 9.14. The van der Waals surface area contributed by atoms with Gasteiger partial charge in [0.25, 0.3) is 0 Å². The lowest BCUT2D eigenvalue weighted by atomic mass is 10.1. The zero-order valence-electron chi connectivity index (χ0n) is 16.3. The molecule has 0 bridgehead atoms. The van der Waals surface area contributed by atoms with E-state index in [0.717, 1.165) is 25.7 Å². The molecule has 0 aliphatic heterocycles. The van der Waals surface area contributed by atoms with Crippen LogP contribution in [0.3, 0.4) is 0 Å². The zero-order chi connectivity index (χ0) is 19.6. The maximum atomic E-state index is 11.2. The van der Waals surface area contributed by atoms with Gasteiger partial charge in [0.1, 0.15) is 6.10 Å². The molecule has 0 saturated carbocycles. The number of ether oxygens (including phenoxy) is 1. The van der Waals surface area contributed by atoms with Crippen LogP contribution in [-0.4, -0.2) is 24.0 Å². The van der Waals surface area contributed by atoms with Crippen LogP contribution in [0.1, 0.15) is 52.9 Å². The van der Waals surface area contributed by atoms with Crippen molar-refractivity contribution in [3.8, 4) is 0 Å². The number of carbonyl (C=O) groups excluding carboxylic acids is 2. The fourth-order valence-electron chi connectivity index (χ4n) is 2.31. The van der Waals surface area contributed by atoms with Crippen molar-refractivity contribution in [2.75, 3.05) is 0 Å². The lowest BCUT2D eigenvalue weighted by molar-refractivity contribution is -0.148. The molecule has 26 heavy (non-hydrogen) atoms. The Balaban J connectivity index is 4.04. The lowest BCUT2D eigenvalue weighted by Gasteiger charge is -2.23. The molecule has 0 radical (unpaired) electrons. The van der Waals surface area contributed by atoms with Gasteiger partial charge in [0.2, 0.25) is 5.91 Å². The molecule has 1 amide bonds. The smallest absolute Gasteiger partial charge is 0.302 e. The molecule has 4 heteroatoms. The highest BCUT2D eigenvalue weighted by atomic mass is 16.5. The molecule has 0 fully saturated rings. The van der Waals surface area contributed by atoms with Gasteiger partial charge < -0.3 is 10.1 Å². The number of rotatable bonds is 13. The Kier molecular flexibility index (Phi) is 14.7. The van der Waals surface area contributed by atoms with Crippen LogP contribution in [0.4, 0.5) is 0 Å². The molecule has 2 atom stereocenters. The summed E-state index contributed by atoms with van der Waals surface area (Å²) >= 11 is 0. The van der Waals surface area contributed by atoms with Gasteiger partial charge in [-0.1, -0.05) is 61.3 Å². The van der Waals surface area contributed by atoms with E-state index >= 15 is 0 Å². The van der Waals surface area contributed by atoms with E-state index in [4.69, 9.17) is 4.74 Å². The van der Waals surface area contributed by atoms with Crippen molar-refractivity contribution < 1.29 is 14.3 Å². The van der Waals surface area contributed by atoms with Gasteiger partial charge in [-0.2, -0.15) is 0 Å². The highest BCUT2D eigenvalue weighted by molar-refractivity contribution is 5.73. The summed E-state index contributed by atoms with van der Waals surface area (Å²) in [6.07, 6.45) is 22.4. The molecule has 0 unspecified atom stereocenters. The van der Waals surface area contributed by atoms with E-state index in [1.54, 1.807) is 6.08 Å². The van der Waals surface area contributed by atoms with Gasteiger partial charge in [0, 0.05) is 13.8 Å². The monoisotopic (exact) mass is 359 g/mol. The standard InChI is InChI=1S/C22H33NO3/c1-5-6-7-8-9-10-11-12-13-14-15-16-17-18-22(26-21(4)25)19(2)23-20(3)24/h5-7,9-10,12-13,15-16,19,22H,1,8,11,14,17-18H2,2-4H3,(H,23,24)/b7-6-,10-9-,13-12-,16-15-/t19-,22-/m0/s1. The van der Waals surface area contributed by atoms with E-state index < -0.39 is 0 Å². The minimum absolute atomic E-state index is 0.124. The fraction of sp³-hybridized carbons (Fsp3) is 0.455. The summed E-state index contributed by atoms with van der Waals surface area (Å²) in [6.45, 7) is 8.32. The third kappa shape index (κ3) is 15.2. The van der Waals surface area contributed by atoms with Gasteiger partial charge in [-0.3, -0.25) is 9.59 Å². The first-order valence-corrected chi connectivity index (χ1v) is 9.14. The van der Waals surface area contributed by atoms with Crippen molar-refractivity contribution in [3.05, 3.63) is 61.3 Å². The van der Waals surface area contributed by atoms with Crippen molar-refractivity contribution in [1.29, 1.82) is 0 Å². The van der Waals surface area contributed by atoms with Gasteiger partial charge in [0.15, 0.2) is 0 Å². The highest BCUT2D eigenvalue weighted by Gasteiger charge is 2.20.